The zero-order valence-electron chi connectivity index (χ0n) is 14.0. The van der Waals surface area contributed by atoms with E-state index < -0.39 is 5.97 Å². The Labute approximate surface area is 153 Å². The van der Waals surface area contributed by atoms with Crippen molar-refractivity contribution in [3.63, 3.8) is 0 Å². The number of nitrogens with zero attached hydrogens (tertiary/aromatic N) is 1. The number of benzene rings is 2. The largest absolute Gasteiger partial charge is 0.465 e. The van der Waals surface area contributed by atoms with Crippen LogP contribution >= 0.6 is 11.3 Å². The van der Waals surface area contributed by atoms with Crippen LogP contribution in [0.4, 0.5) is 10.8 Å². The number of amides is 2. The Morgan fingerprint density at radius 1 is 1.00 bits per heavy atom. The van der Waals surface area contributed by atoms with Crippen molar-refractivity contribution in [2.24, 2.45) is 0 Å². The van der Waals surface area contributed by atoms with Crippen LogP contribution in [0.3, 0.4) is 0 Å². The molecule has 0 aliphatic rings. The van der Waals surface area contributed by atoms with E-state index in [2.05, 4.69) is 20.4 Å². The van der Waals surface area contributed by atoms with Crippen LogP contribution in [0.15, 0.2) is 42.5 Å². The number of nitrogens with one attached hydrogen (secondary N) is 2. The average molecular weight is 369 g/mol. The van der Waals surface area contributed by atoms with Gasteiger partial charge in [-0.1, -0.05) is 11.3 Å². The van der Waals surface area contributed by atoms with Gasteiger partial charge < -0.3 is 15.4 Å². The maximum Gasteiger partial charge on any atom is 0.337 e. The van der Waals surface area contributed by atoms with Crippen LogP contribution in [0.2, 0.25) is 0 Å². The molecule has 0 atom stereocenters. The van der Waals surface area contributed by atoms with Crippen molar-refractivity contribution < 1.29 is 19.1 Å². The molecule has 0 radical (unpaired) electrons. The van der Waals surface area contributed by atoms with Gasteiger partial charge in [-0.3, -0.25) is 9.59 Å². The standard InChI is InChI=1S/C18H15N3O4S/c1-10(22)19-18-21-14-8-7-13(9-15(14)26-18)20-16(23)11-3-5-12(6-4-11)17(24)25-2/h3-9H,1-2H3,(H,20,23)(H,19,21,22). The predicted molar refractivity (Wildman–Crippen MR) is 99.7 cm³/mol. The summed E-state index contributed by atoms with van der Waals surface area (Å²) in [6.07, 6.45) is 0. The van der Waals surface area contributed by atoms with E-state index in [1.165, 1.54) is 37.5 Å². The fourth-order valence-electron chi connectivity index (χ4n) is 2.29. The third-order valence-electron chi connectivity index (χ3n) is 3.50. The number of carbonyl (C=O) groups excluding carboxylic acids is 3. The molecule has 0 bridgehead atoms. The Morgan fingerprint density at radius 2 is 1.69 bits per heavy atom. The van der Waals surface area contributed by atoms with Crippen LogP contribution in [-0.4, -0.2) is 29.9 Å². The molecular weight excluding hydrogens is 354 g/mol. The highest BCUT2D eigenvalue weighted by molar-refractivity contribution is 7.22. The molecule has 7 nitrogen and oxygen atoms in total. The van der Waals surface area contributed by atoms with E-state index in [4.69, 9.17) is 0 Å². The van der Waals surface area contributed by atoms with Crippen LogP contribution in [0.1, 0.15) is 27.6 Å². The van der Waals surface area contributed by atoms with Crippen molar-refractivity contribution in [3.8, 4) is 0 Å². The van der Waals surface area contributed by atoms with E-state index in [0.717, 1.165) is 10.2 Å². The van der Waals surface area contributed by atoms with Crippen molar-refractivity contribution in [1.29, 1.82) is 0 Å². The molecular formula is C18H15N3O4S. The van der Waals surface area contributed by atoms with Gasteiger partial charge in [0.15, 0.2) is 5.13 Å². The number of rotatable bonds is 4. The first kappa shape index (κ1) is 17.6. The molecule has 2 aromatic carbocycles. The molecule has 2 amide bonds. The molecule has 1 heterocycles. The molecule has 0 saturated carbocycles. The van der Waals surface area contributed by atoms with Gasteiger partial charge >= 0.3 is 5.97 Å². The third-order valence-corrected chi connectivity index (χ3v) is 4.43. The minimum absolute atomic E-state index is 0.187. The molecule has 3 rings (SSSR count). The third kappa shape index (κ3) is 3.86. The van der Waals surface area contributed by atoms with Gasteiger partial charge in [-0.2, -0.15) is 0 Å². The Morgan fingerprint density at radius 3 is 2.35 bits per heavy atom. The summed E-state index contributed by atoms with van der Waals surface area (Å²) >= 11 is 1.32. The number of thiazole rings is 1. The molecule has 0 spiro atoms. The van der Waals surface area contributed by atoms with E-state index in [9.17, 15) is 14.4 Å². The number of hydrogen-bond acceptors (Lipinski definition) is 6. The number of methoxy groups -OCH3 is 1. The summed E-state index contributed by atoms with van der Waals surface area (Å²) in [6, 6.07) is 11.5. The van der Waals surface area contributed by atoms with Gasteiger partial charge in [-0.25, -0.2) is 9.78 Å². The molecule has 0 fully saturated rings. The first-order valence-corrected chi connectivity index (χ1v) is 8.46. The zero-order valence-corrected chi connectivity index (χ0v) is 14.8. The lowest BCUT2D eigenvalue weighted by atomic mass is 10.1. The summed E-state index contributed by atoms with van der Waals surface area (Å²) in [5, 5.41) is 5.95. The van der Waals surface area contributed by atoms with Gasteiger partial charge in [0.05, 0.1) is 22.9 Å². The van der Waals surface area contributed by atoms with E-state index in [-0.39, 0.29) is 11.8 Å². The van der Waals surface area contributed by atoms with Crippen LogP contribution in [0.5, 0.6) is 0 Å². The lowest BCUT2D eigenvalue weighted by Crippen LogP contribution is -2.12. The van der Waals surface area contributed by atoms with Gasteiger partial charge in [0.2, 0.25) is 5.91 Å². The van der Waals surface area contributed by atoms with Crippen LogP contribution in [0, 0.1) is 0 Å². The van der Waals surface area contributed by atoms with Crippen LogP contribution in [-0.2, 0) is 9.53 Å². The molecule has 8 heteroatoms. The van der Waals surface area contributed by atoms with Gasteiger partial charge in [0, 0.05) is 18.2 Å². The number of esters is 1. The highest BCUT2D eigenvalue weighted by Gasteiger charge is 2.11. The first-order chi connectivity index (χ1) is 12.5. The fourth-order valence-corrected chi connectivity index (χ4v) is 3.24. The summed E-state index contributed by atoms with van der Waals surface area (Å²) in [6.45, 7) is 1.42. The Balaban J connectivity index is 1.76. The molecule has 26 heavy (non-hydrogen) atoms. The van der Waals surface area contributed by atoms with Gasteiger partial charge in [0.1, 0.15) is 0 Å². The average Bonchev–Trinajstić information content (AvgIpc) is 3.01. The number of anilines is 2. The van der Waals surface area contributed by atoms with E-state index in [1.807, 2.05) is 0 Å². The lowest BCUT2D eigenvalue weighted by Gasteiger charge is -2.06. The molecule has 0 unspecified atom stereocenters. The molecule has 1 aromatic heterocycles. The summed E-state index contributed by atoms with van der Waals surface area (Å²) in [5.74, 6) is -0.942. The maximum atomic E-state index is 12.4. The number of fused-ring (bicyclic) bond motifs is 1. The number of carbonyl (C=O) groups is 3. The predicted octanol–water partition coefficient (Wildman–Crippen LogP) is 3.29. The molecule has 132 valence electrons. The minimum atomic E-state index is -0.456. The van der Waals surface area contributed by atoms with Crippen LogP contribution in [0.25, 0.3) is 10.2 Å². The van der Waals surface area contributed by atoms with Crippen molar-refractivity contribution in [2.75, 3.05) is 17.7 Å². The van der Waals surface area contributed by atoms with Gasteiger partial charge in [-0.15, -0.1) is 0 Å². The Bertz CT molecular complexity index is 995. The molecule has 0 saturated heterocycles. The van der Waals surface area contributed by atoms with E-state index >= 15 is 0 Å². The van der Waals surface area contributed by atoms with E-state index in [1.54, 1.807) is 30.3 Å². The SMILES string of the molecule is COC(=O)c1ccc(C(=O)Nc2ccc3nc(NC(C)=O)sc3c2)cc1. The minimum Gasteiger partial charge on any atom is -0.465 e. The second-order valence-corrected chi connectivity index (χ2v) is 6.44. The maximum absolute atomic E-state index is 12.4. The van der Waals surface area contributed by atoms with Crippen LogP contribution < -0.4 is 10.6 Å². The first-order valence-electron chi connectivity index (χ1n) is 7.64. The highest BCUT2D eigenvalue weighted by atomic mass is 32.1. The smallest absolute Gasteiger partial charge is 0.337 e. The Kier molecular flexibility index (Phi) is 4.94. The zero-order chi connectivity index (χ0) is 18.7. The molecule has 0 aliphatic heterocycles. The topological polar surface area (TPSA) is 97.4 Å². The summed E-state index contributed by atoms with van der Waals surface area (Å²) in [5.41, 5.74) is 2.14. The molecule has 0 aliphatic carbocycles. The number of hydrogen-bond donors (Lipinski definition) is 2. The molecule has 2 N–H and O–H groups in total. The summed E-state index contributed by atoms with van der Waals surface area (Å²) in [7, 11) is 1.30. The van der Waals surface area contributed by atoms with E-state index in [0.29, 0.717) is 21.9 Å². The lowest BCUT2D eigenvalue weighted by molar-refractivity contribution is -0.114. The van der Waals surface area contributed by atoms with Crippen molar-refractivity contribution in [1.82, 2.24) is 4.98 Å². The second-order valence-electron chi connectivity index (χ2n) is 5.41. The fraction of sp³-hybridized carbons (Fsp3) is 0.111. The van der Waals surface area contributed by atoms with Crippen molar-refractivity contribution >= 4 is 50.2 Å². The van der Waals surface area contributed by atoms with Gasteiger partial charge in [-0.05, 0) is 42.5 Å². The van der Waals surface area contributed by atoms with Gasteiger partial charge in [0.25, 0.3) is 5.91 Å². The monoisotopic (exact) mass is 369 g/mol. The number of aromatic nitrogens is 1. The quantitative estimate of drug-likeness (QED) is 0.688. The Hall–Kier alpha value is -3.26. The highest BCUT2D eigenvalue weighted by Crippen LogP contribution is 2.28. The normalized spacial score (nSPS) is 10.4. The summed E-state index contributed by atoms with van der Waals surface area (Å²) in [4.78, 5) is 39.2. The number of ether oxygens (including phenoxy) is 1. The molecule has 3 aromatic rings. The van der Waals surface area contributed by atoms with Crippen molar-refractivity contribution in [3.05, 3.63) is 53.6 Å². The summed E-state index contributed by atoms with van der Waals surface area (Å²) < 4.78 is 5.47. The second kappa shape index (κ2) is 7.32. The van der Waals surface area contributed by atoms with Crippen molar-refractivity contribution in [2.45, 2.75) is 6.92 Å².